The lowest BCUT2D eigenvalue weighted by molar-refractivity contribution is 0.0942. The van der Waals surface area contributed by atoms with E-state index in [-0.39, 0.29) is 11.9 Å². The first-order valence-electron chi connectivity index (χ1n) is 6.42. The van der Waals surface area contributed by atoms with E-state index < -0.39 is 0 Å². The lowest BCUT2D eigenvalue weighted by Gasteiger charge is -2.10. The molecule has 0 aliphatic carbocycles. The summed E-state index contributed by atoms with van der Waals surface area (Å²) in [6.45, 7) is 7.83. The third-order valence-electron chi connectivity index (χ3n) is 2.97. The van der Waals surface area contributed by atoms with Crippen molar-refractivity contribution in [3.8, 4) is 5.82 Å². The Morgan fingerprint density at radius 2 is 2.05 bits per heavy atom. The summed E-state index contributed by atoms with van der Waals surface area (Å²) in [6, 6.07) is 7.79. The Hall–Kier alpha value is -2.10. The summed E-state index contributed by atoms with van der Waals surface area (Å²) in [5.41, 5.74) is 2.62. The number of aromatic nitrogens is 2. The van der Waals surface area contributed by atoms with Crippen LogP contribution in [0.3, 0.4) is 0 Å². The number of hydrogen-bond acceptors (Lipinski definition) is 2. The Morgan fingerprint density at radius 1 is 1.32 bits per heavy atom. The molecular formula is C15H19N3O. The van der Waals surface area contributed by atoms with Crippen LogP contribution < -0.4 is 5.32 Å². The highest BCUT2D eigenvalue weighted by Gasteiger charge is 2.17. The van der Waals surface area contributed by atoms with Gasteiger partial charge in [-0.15, -0.1) is 0 Å². The molecule has 0 aromatic carbocycles. The molecule has 2 aromatic heterocycles. The van der Waals surface area contributed by atoms with Gasteiger partial charge in [-0.3, -0.25) is 4.79 Å². The summed E-state index contributed by atoms with van der Waals surface area (Å²) in [5, 5.41) is 2.92. The molecule has 1 N–H and O–H groups in total. The predicted octanol–water partition coefficient (Wildman–Crippen LogP) is 2.63. The van der Waals surface area contributed by atoms with E-state index in [2.05, 4.69) is 10.3 Å². The van der Waals surface area contributed by atoms with Gasteiger partial charge in [-0.2, -0.15) is 0 Å². The van der Waals surface area contributed by atoms with Gasteiger partial charge in [0.15, 0.2) is 0 Å². The number of nitrogens with one attached hydrogen (secondary N) is 1. The van der Waals surface area contributed by atoms with Gasteiger partial charge in [0.1, 0.15) is 5.82 Å². The number of rotatable bonds is 3. The van der Waals surface area contributed by atoms with Gasteiger partial charge in [0.05, 0.1) is 5.56 Å². The quantitative estimate of drug-likeness (QED) is 0.918. The van der Waals surface area contributed by atoms with Gasteiger partial charge in [-0.25, -0.2) is 4.98 Å². The van der Waals surface area contributed by atoms with Crippen LogP contribution >= 0.6 is 0 Å². The van der Waals surface area contributed by atoms with E-state index >= 15 is 0 Å². The number of pyridine rings is 1. The highest BCUT2D eigenvalue weighted by molar-refractivity contribution is 5.96. The normalized spacial score (nSPS) is 10.8. The molecule has 2 heterocycles. The van der Waals surface area contributed by atoms with Crippen LogP contribution in [0.1, 0.15) is 35.6 Å². The molecule has 0 atom stereocenters. The molecule has 2 aromatic rings. The lowest BCUT2D eigenvalue weighted by atomic mass is 10.2. The van der Waals surface area contributed by atoms with Crippen molar-refractivity contribution in [1.29, 1.82) is 0 Å². The third kappa shape index (κ3) is 2.67. The average molecular weight is 257 g/mol. The van der Waals surface area contributed by atoms with E-state index in [0.717, 1.165) is 17.2 Å². The molecule has 0 saturated carbocycles. The molecule has 4 nitrogen and oxygen atoms in total. The predicted molar refractivity (Wildman–Crippen MR) is 75.6 cm³/mol. The standard InChI is InChI=1S/C15H19N3O/c1-10(2)17-15(19)13-9-11(3)18(12(13)4)14-7-5-6-8-16-14/h5-10H,1-4H3,(H,17,19). The fourth-order valence-corrected chi connectivity index (χ4v) is 2.17. The monoisotopic (exact) mass is 257 g/mol. The smallest absolute Gasteiger partial charge is 0.253 e. The van der Waals surface area contributed by atoms with Gasteiger partial charge >= 0.3 is 0 Å². The average Bonchev–Trinajstić information content (AvgIpc) is 2.65. The molecule has 100 valence electrons. The molecule has 19 heavy (non-hydrogen) atoms. The summed E-state index contributed by atoms with van der Waals surface area (Å²) in [6.07, 6.45) is 1.75. The van der Waals surface area contributed by atoms with E-state index in [1.807, 2.05) is 56.5 Å². The topological polar surface area (TPSA) is 46.9 Å². The van der Waals surface area contributed by atoms with Crippen LogP contribution in [-0.2, 0) is 0 Å². The minimum atomic E-state index is -0.0368. The fourth-order valence-electron chi connectivity index (χ4n) is 2.17. The Kier molecular flexibility index (Phi) is 3.69. The van der Waals surface area contributed by atoms with Crippen molar-refractivity contribution in [2.75, 3.05) is 0 Å². The highest BCUT2D eigenvalue weighted by Crippen LogP contribution is 2.19. The maximum absolute atomic E-state index is 12.1. The van der Waals surface area contributed by atoms with Gasteiger partial charge in [0.2, 0.25) is 0 Å². The highest BCUT2D eigenvalue weighted by atomic mass is 16.1. The van der Waals surface area contributed by atoms with Crippen molar-refractivity contribution >= 4 is 5.91 Å². The number of carbonyl (C=O) groups excluding carboxylic acids is 1. The maximum atomic E-state index is 12.1. The van der Waals surface area contributed by atoms with E-state index in [0.29, 0.717) is 5.56 Å². The Bertz CT molecular complexity index is 585. The summed E-state index contributed by atoms with van der Waals surface area (Å²) < 4.78 is 2.00. The van der Waals surface area contributed by atoms with Gasteiger partial charge in [0.25, 0.3) is 5.91 Å². The summed E-state index contributed by atoms with van der Waals surface area (Å²) >= 11 is 0. The molecular weight excluding hydrogens is 238 g/mol. The molecule has 0 saturated heterocycles. The summed E-state index contributed by atoms with van der Waals surface area (Å²) in [7, 11) is 0. The molecule has 2 rings (SSSR count). The van der Waals surface area contributed by atoms with Gasteiger partial charge in [0, 0.05) is 23.6 Å². The van der Waals surface area contributed by atoms with E-state index in [1.54, 1.807) is 6.20 Å². The first kappa shape index (κ1) is 13.3. The molecule has 1 amide bonds. The number of amides is 1. The van der Waals surface area contributed by atoms with Crippen molar-refractivity contribution in [3.63, 3.8) is 0 Å². The first-order chi connectivity index (χ1) is 9.00. The van der Waals surface area contributed by atoms with Crippen LogP contribution in [0.2, 0.25) is 0 Å². The number of aryl methyl sites for hydroxylation is 1. The van der Waals surface area contributed by atoms with Crippen LogP contribution in [0.15, 0.2) is 30.5 Å². The molecule has 0 aliphatic heterocycles. The Balaban J connectivity index is 2.44. The molecule has 0 unspecified atom stereocenters. The van der Waals surface area contributed by atoms with Crippen molar-refractivity contribution < 1.29 is 4.79 Å². The molecule has 0 spiro atoms. The van der Waals surface area contributed by atoms with E-state index in [1.165, 1.54) is 0 Å². The fraction of sp³-hybridized carbons (Fsp3) is 0.333. The Morgan fingerprint density at radius 3 is 2.63 bits per heavy atom. The Labute approximate surface area is 113 Å². The lowest BCUT2D eigenvalue weighted by Crippen LogP contribution is -2.30. The number of nitrogens with zero attached hydrogens (tertiary/aromatic N) is 2. The van der Waals surface area contributed by atoms with Gasteiger partial charge in [-0.1, -0.05) is 6.07 Å². The largest absolute Gasteiger partial charge is 0.350 e. The third-order valence-corrected chi connectivity index (χ3v) is 2.97. The van der Waals surface area contributed by atoms with Crippen LogP contribution in [0.5, 0.6) is 0 Å². The summed E-state index contributed by atoms with van der Waals surface area (Å²) in [5.74, 6) is 0.798. The van der Waals surface area contributed by atoms with Crippen LogP contribution in [-0.4, -0.2) is 21.5 Å². The zero-order valence-electron chi connectivity index (χ0n) is 11.8. The number of carbonyl (C=O) groups is 1. The minimum absolute atomic E-state index is 0.0368. The van der Waals surface area contributed by atoms with E-state index in [9.17, 15) is 4.79 Å². The van der Waals surface area contributed by atoms with Gasteiger partial charge in [-0.05, 0) is 45.9 Å². The van der Waals surface area contributed by atoms with Crippen LogP contribution in [0, 0.1) is 13.8 Å². The van der Waals surface area contributed by atoms with Gasteiger partial charge < -0.3 is 9.88 Å². The van der Waals surface area contributed by atoms with Crippen molar-refractivity contribution in [1.82, 2.24) is 14.9 Å². The maximum Gasteiger partial charge on any atom is 0.253 e. The summed E-state index contributed by atoms with van der Waals surface area (Å²) in [4.78, 5) is 16.5. The molecule has 0 bridgehead atoms. The molecule has 0 fully saturated rings. The number of hydrogen-bond donors (Lipinski definition) is 1. The second-order valence-corrected chi connectivity index (χ2v) is 4.94. The van der Waals surface area contributed by atoms with Crippen molar-refractivity contribution in [3.05, 3.63) is 47.4 Å². The molecule has 0 aliphatic rings. The SMILES string of the molecule is Cc1cc(C(=O)NC(C)C)c(C)n1-c1ccccn1. The first-order valence-corrected chi connectivity index (χ1v) is 6.42. The van der Waals surface area contributed by atoms with Crippen LogP contribution in [0.25, 0.3) is 5.82 Å². The molecule has 0 radical (unpaired) electrons. The van der Waals surface area contributed by atoms with E-state index in [4.69, 9.17) is 0 Å². The van der Waals surface area contributed by atoms with Crippen molar-refractivity contribution in [2.45, 2.75) is 33.7 Å². The molecule has 4 heteroatoms. The second kappa shape index (κ2) is 5.26. The second-order valence-electron chi connectivity index (χ2n) is 4.94. The van der Waals surface area contributed by atoms with Crippen molar-refractivity contribution in [2.24, 2.45) is 0 Å². The van der Waals surface area contributed by atoms with Crippen LogP contribution in [0.4, 0.5) is 0 Å². The zero-order chi connectivity index (χ0) is 14.0. The zero-order valence-corrected chi connectivity index (χ0v) is 11.8. The minimum Gasteiger partial charge on any atom is -0.350 e.